The predicted molar refractivity (Wildman–Crippen MR) is 141 cm³/mol. The van der Waals surface area contributed by atoms with Crippen molar-refractivity contribution in [2.45, 2.75) is 112 Å². The van der Waals surface area contributed by atoms with Gasteiger partial charge in [-0.25, -0.2) is 0 Å². The average Bonchev–Trinajstić information content (AvgIpc) is 3.17. The number of fused-ring (bicyclic) bond motifs is 2. The second-order valence-corrected chi connectivity index (χ2v) is 14.4. The first-order chi connectivity index (χ1) is 16.0. The highest BCUT2D eigenvalue weighted by atomic mass is 16.3. The molecule has 2 heteroatoms. The van der Waals surface area contributed by atoms with E-state index in [1.807, 2.05) is 6.92 Å². The molecule has 0 amide bonds. The standard InChI is InChI=1S/C32H52O2/c1-8-30-16-14-24(22(3)11-9-10-21(2)20-33)29(30,7)18-19-32-23(4)31(32)17-15-27(34)28(5,6)25(31)12-13-26(30)32/h8,10,22-27,33-34H,1,9,11-20H2,2-7H3. The monoisotopic (exact) mass is 468 g/mol. The summed E-state index contributed by atoms with van der Waals surface area (Å²) in [5.41, 5.74) is 2.75. The smallest absolute Gasteiger partial charge is 0.0639 e. The van der Waals surface area contributed by atoms with Crippen LogP contribution in [0.25, 0.3) is 0 Å². The molecular weight excluding hydrogens is 416 g/mol. The molecule has 5 aliphatic rings. The van der Waals surface area contributed by atoms with Gasteiger partial charge in [-0.1, -0.05) is 52.3 Å². The Balaban J connectivity index is 1.45. The third kappa shape index (κ3) is 2.77. The van der Waals surface area contributed by atoms with Crippen molar-refractivity contribution < 1.29 is 10.2 Å². The Bertz CT molecular complexity index is 857. The van der Waals surface area contributed by atoms with Gasteiger partial charge >= 0.3 is 0 Å². The SMILES string of the molecule is C=CC12CCC(C(C)CCC=C(C)CO)C1(C)CCC13C2CCC2C(C)(C)C(O)CCC21C3C. The Hall–Kier alpha value is -0.600. The summed E-state index contributed by atoms with van der Waals surface area (Å²) in [4.78, 5) is 0. The molecule has 10 atom stereocenters. The topological polar surface area (TPSA) is 40.5 Å². The maximum Gasteiger partial charge on any atom is 0.0639 e. The molecule has 0 aromatic carbocycles. The number of rotatable bonds is 6. The van der Waals surface area contributed by atoms with Gasteiger partial charge in [0, 0.05) is 0 Å². The van der Waals surface area contributed by atoms with E-state index in [1.165, 1.54) is 51.4 Å². The summed E-state index contributed by atoms with van der Waals surface area (Å²) >= 11 is 0. The molecule has 10 unspecified atom stereocenters. The highest BCUT2D eigenvalue weighted by Crippen LogP contribution is 2.91. The lowest BCUT2D eigenvalue weighted by Gasteiger charge is -2.63. The molecule has 0 radical (unpaired) electrons. The van der Waals surface area contributed by atoms with Crippen LogP contribution in [0.5, 0.6) is 0 Å². The van der Waals surface area contributed by atoms with Gasteiger partial charge in [-0.15, -0.1) is 6.58 Å². The molecule has 5 rings (SSSR count). The fraction of sp³-hybridized carbons (Fsp3) is 0.875. The quantitative estimate of drug-likeness (QED) is 0.395. The van der Waals surface area contributed by atoms with Crippen molar-refractivity contribution >= 4 is 0 Å². The zero-order chi connectivity index (χ0) is 24.7. The van der Waals surface area contributed by atoms with Crippen LogP contribution in [0.1, 0.15) is 106 Å². The summed E-state index contributed by atoms with van der Waals surface area (Å²) in [7, 11) is 0. The summed E-state index contributed by atoms with van der Waals surface area (Å²) in [5, 5.41) is 20.3. The normalized spacial score (nSPS) is 52.1. The van der Waals surface area contributed by atoms with Crippen molar-refractivity contribution in [2.24, 2.45) is 56.7 Å². The van der Waals surface area contributed by atoms with Gasteiger partial charge < -0.3 is 10.2 Å². The molecule has 0 bridgehead atoms. The summed E-state index contributed by atoms with van der Waals surface area (Å²) in [6, 6.07) is 0. The van der Waals surface area contributed by atoms with E-state index in [1.54, 1.807) is 0 Å². The van der Waals surface area contributed by atoms with Crippen LogP contribution in [-0.4, -0.2) is 22.9 Å². The molecule has 5 fully saturated rings. The first kappa shape index (κ1) is 25.1. The largest absolute Gasteiger partial charge is 0.393 e. The second-order valence-electron chi connectivity index (χ2n) is 14.4. The second kappa shape index (κ2) is 7.95. The minimum atomic E-state index is -0.132. The summed E-state index contributed by atoms with van der Waals surface area (Å²) in [5.74, 6) is 3.75. The van der Waals surface area contributed by atoms with E-state index in [0.29, 0.717) is 28.1 Å². The van der Waals surface area contributed by atoms with Gasteiger partial charge in [0.1, 0.15) is 0 Å². The third-order valence-corrected chi connectivity index (χ3v) is 13.8. The van der Waals surface area contributed by atoms with E-state index in [9.17, 15) is 10.2 Å². The number of aliphatic hydroxyl groups is 2. The predicted octanol–water partition coefficient (Wildman–Crippen LogP) is 7.55. The number of hydrogen-bond acceptors (Lipinski definition) is 2. The van der Waals surface area contributed by atoms with E-state index in [4.69, 9.17) is 0 Å². The van der Waals surface area contributed by atoms with Crippen molar-refractivity contribution in [1.82, 2.24) is 0 Å². The van der Waals surface area contributed by atoms with Crippen LogP contribution in [0.2, 0.25) is 0 Å². The molecule has 5 aliphatic carbocycles. The first-order valence-electron chi connectivity index (χ1n) is 14.6. The molecule has 5 saturated carbocycles. The molecule has 0 aromatic heterocycles. The Morgan fingerprint density at radius 1 is 1.00 bits per heavy atom. The van der Waals surface area contributed by atoms with E-state index in [0.717, 1.165) is 36.2 Å². The van der Waals surface area contributed by atoms with Crippen LogP contribution in [0.3, 0.4) is 0 Å². The molecule has 192 valence electrons. The van der Waals surface area contributed by atoms with Gasteiger partial charge in [-0.3, -0.25) is 0 Å². The Morgan fingerprint density at radius 2 is 1.68 bits per heavy atom. The van der Waals surface area contributed by atoms with Crippen LogP contribution in [0.15, 0.2) is 24.3 Å². The Morgan fingerprint density at radius 3 is 2.35 bits per heavy atom. The zero-order valence-corrected chi connectivity index (χ0v) is 23.0. The van der Waals surface area contributed by atoms with Gasteiger partial charge in [0.2, 0.25) is 0 Å². The lowest BCUT2D eigenvalue weighted by molar-refractivity contribution is -0.152. The number of hydrogen-bond donors (Lipinski definition) is 2. The van der Waals surface area contributed by atoms with Gasteiger partial charge in [0.05, 0.1) is 12.7 Å². The fourth-order valence-electron chi connectivity index (χ4n) is 12.0. The molecular formula is C32H52O2. The van der Waals surface area contributed by atoms with Gasteiger partial charge in [-0.2, -0.15) is 0 Å². The molecule has 2 nitrogen and oxygen atoms in total. The van der Waals surface area contributed by atoms with Crippen molar-refractivity contribution in [3.05, 3.63) is 24.3 Å². The molecule has 2 N–H and O–H groups in total. The summed E-state index contributed by atoms with van der Waals surface area (Å²) in [6.07, 6.45) is 17.3. The summed E-state index contributed by atoms with van der Waals surface area (Å²) < 4.78 is 0. The van der Waals surface area contributed by atoms with Crippen LogP contribution in [0.4, 0.5) is 0 Å². The van der Waals surface area contributed by atoms with Gasteiger partial charge in [0.15, 0.2) is 0 Å². The Kier molecular flexibility index (Phi) is 5.86. The van der Waals surface area contributed by atoms with Crippen LogP contribution in [0, 0.1) is 56.7 Å². The minimum absolute atomic E-state index is 0.0516. The number of allylic oxidation sites excluding steroid dienone is 2. The highest BCUT2D eigenvalue weighted by molar-refractivity contribution is 5.35. The van der Waals surface area contributed by atoms with Gasteiger partial charge in [0.25, 0.3) is 0 Å². The van der Waals surface area contributed by atoms with Crippen molar-refractivity contribution in [1.29, 1.82) is 0 Å². The molecule has 2 spiro atoms. The third-order valence-electron chi connectivity index (χ3n) is 13.8. The van der Waals surface area contributed by atoms with Crippen LogP contribution in [-0.2, 0) is 0 Å². The van der Waals surface area contributed by atoms with Crippen molar-refractivity contribution in [3.63, 3.8) is 0 Å². The molecule has 0 aromatic rings. The van der Waals surface area contributed by atoms with E-state index < -0.39 is 0 Å². The minimum Gasteiger partial charge on any atom is -0.393 e. The van der Waals surface area contributed by atoms with Gasteiger partial charge in [-0.05, 0) is 128 Å². The molecule has 0 saturated heterocycles. The maximum atomic E-state index is 11.0. The average molecular weight is 469 g/mol. The molecule has 0 aliphatic heterocycles. The van der Waals surface area contributed by atoms with Crippen LogP contribution >= 0.6 is 0 Å². The highest BCUT2D eigenvalue weighted by Gasteiger charge is 2.86. The van der Waals surface area contributed by atoms with E-state index >= 15 is 0 Å². The molecule has 34 heavy (non-hydrogen) atoms. The number of aliphatic hydroxyl groups excluding tert-OH is 2. The maximum absolute atomic E-state index is 11.0. The fourth-order valence-corrected chi connectivity index (χ4v) is 12.0. The van der Waals surface area contributed by atoms with E-state index in [-0.39, 0.29) is 23.5 Å². The van der Waals surface area contributed by atoms with Crippen LogP contribution < -0.4 is 0 Å². The summed E-state index contributed by atoms with van der Waals surface area (Å²) in [6.45, 7) is 19.3. The molecule has 0 heterocycles. The van der Waals surface area contributed by atoms with E-state index in [2.05, 4.69) is 53.3 Å². The lowest BCUT2D eigenvalue weighted by atomic mass is 9.41. The Labute approximate surface area is 209 Å². The van der Waals surface area contributed by atoms with Crippen molar-refractivity contribution in [3.8, 4) is 0 Å². The lowest BCUT2D eigenvalue weighted by Crippen LogP contribution is -2.58. The zero-order valence-electron chi connectivity index (χ0n) is 23.0. The first-order valence-corrected chi connectivity index (χ1v) is 14.6. The van der Waals surface area contributed by atoms with Crippen molar-refractivity contribution in [2.75, 3.05) is 6.61 Å².